The van der Waals surface area contributed by atoms with Crippen LogP contribution < -0.4 is 23.2 Å². The highest BCUT2D eigenvalue weighted by Crippen LogP contribution is 2.26. The Morgan fingerprint density at radius 1 is 0.812 bits per heavy atom. The number of aromatic nitrogens is 3. The highest BCUT2D eigenvalue weighted by atomic mass is 35.7. The summed E-state index contributed by atoms with van der Waals surface area (Å²) in [7, 11) is -4.94. The van der Waals surface area contributed by atoms with E-state index in [4.69, 9.17) is 18.6 Å². The molecule has 0 spiro atoms. The number of hydrogen-bond acceptors (Lipinski definition) is 5. The first-order valence-electron chi connectivity index (χ1n) is 10.2. The van der Waals surface area contributed by atoms with E-state index in [1.54, 1.807) is 0 Å². The molecule has 32 heavy (non-hydrogen) atoms. The van der Waals surface area contributed by atoms with Gasteiger partial charge >= 0.3 is 5.82 Å². The zero-order chi connectivity index (χ0) is 23.0. The zero-order valence-corrected chi connectivity index (χ0v) is 18.4. The molecule has 0 fully saturated rings. The number of nitrogens with one attached hydrogen (secondary N) is 1. The Kier molecular flexibility index (Phi) is 8.10. The summed E-state index contributed by atoms with van der Waals surface area (Å²) in [6, 6.07) is 27.8. The highest BCUT2D eigenvalue weighted by Gasteiger charge is 2.20. The third-order valence-corrected chi connectivity index (χ3v) is 4.83. The molecule has 7 nitrogen and oxygen atoms in total. The van der Waals surface area contributed by atoms with Crippen molar-refractivity contribution in [2.45, 2.75) is 26.2 Å². The number of nitrogens with zero attached hydrogens (tertiary/aromatic N) is 2. The molecule has 4 aromatic rings. The van der Waals surface area contributed by atoms with Crippen molar-refractivity contribution in [2.75, 3.05) is 0 Å². The van der Waals surface area contributed by atoms with Crippen molar-refractivity contribution in [3.8, 4) is 28.2 Å². The summed E-state index contributed by atoms with van der Waals surface area (Å²) >= 11 is 0. The van der Waals surface area contributed by atoms with E-state index in [0.717, 1.165) is 18.7 Å². The maximum Gasteiger partial charge on any atom is 0.306 e. The van der Waals surface area contributed by atoms with Crippen LogP contribution in [-0.2, 0) is 6.42 Å². The Labute approximate surface area is 189 Å². The molecule has 2 aromatic heterocycles. The first kappa shape index (κ1) is 23.6. The Morgan fingerprint density at radius 3 is 1.94 bits per heavy atom. The van der Waals surface area contributed by atoms with Crippen molar-refractivity contribution in [2.24, 2.45) is 0 Å². The first-order chi connectivity index (χ1) is 15.4. The first-order valence-corrected chi connectivity index (χ1v) is 11.4. The summed E-state index contributed by atoms with van der Waals surface area (Å²) in [5.74, 6) is 1.000. The lowest BCUT2D eigenvalue weighted by atomic mass is 10.00. The molecule has 0 amide bonds. The van der Waals surface area contributed by atoms with Crippen molar-refractivity contribution in [1.29, 1.82) is 0 Å². The molecule has 0 bridgehead atoms. The average molecular weight is 454 g/mol. The summed E-state index contributed by atoms with van der Waals surface area (Å²) in [5, 5.41) is 7.34. The van der Waals surface area contributed by atoms with Crippen LogP contribution in [0.5, 0.6) is 0 Å². The van der Waals surface area contributed by atoms with Crippen molar-refractivity contribution in [1.82, 2.24) is 10.2 Å². The van der Waals surface area contributed by atoms with Crippen LogP contribution in [-0.4, -0.2) is 10.2 Å². The maximum atomic E-state index is 8.49. The van der Waals surface area contributed by atoms with Crippen LogP contribution in [0.2, 0.25) is 0 Å². The number of halogens is 1. The van der Waals surface area contributed by atoms with Crippen molar-refractivity contribution in [3.63, 3.8) is 0 Å². The topological polar surface area (TPSA) is 125 Å². The molecule has 0 radical (unpaired) electrons. The maximum absolute atomic E-state index is 8.49. The van der Waals surface area contributed by atoms with Gasteiger partial charge in [0, 0.05) is 12.0 Å². The molecule has 166 valence electrons. The third kappa shape index (κ3) is 6.71. The summed E-state index contributed by atoms with van der Waals surface area (Å²) in [6.07, 6.45) is 5.15. The fraction of sp³-hybridized carbons (Fsp3) is 0.167. The molecular weight excluding hydrogens is 430 g/mol. The molecule has 0 saturated carbocycles. The number of rotatable bonds is 6. The van der Waals surface area contributed by atoms with Gasteiger partial charge < -0.3 is 0 Å². The Balaban J connectivity index is 0.000000523. The number of unbranched alkanes of at least 4 members (excludes halogenated alkanes) is 1. The minimum Gasteiger partial charge on any atom is -0.222 e. The molecule has 0 aliphatic rings. The lowest BCUT2D eigenvalue weighted by Gasteiger charge is -2.17. The molecule has 2 heterocycles. The van der Waals surface area contributed by atoms with Crippen LogP contribution in [0, 0.1) is 10.2 Å². The number of benzene rings is 2. The second-order valence-corrected chi connectivity index (χ2v) is 7.87. The van der Waals surface area contributed by atoms with E-state index in [0.29, 0.717) is 0 Å². The van der Waals surface area contributed by atoms with Gasteiger partial charge in [-0.05, 0) is 29.7 Å². The summed E-state index contributed by atoms with van der Waals surface area (Å²) in [5.41, 5.74) is 6.15. The summed E-state index contributed by atoms with van der Waals surface area (Å²) in [4.78, 5) is 0. The Bertz CT molecular complexity index is 1090. The van der Waals surface area contributed by atoms with E-state index < -0.39 is 10.2 Å². The van der Waals surface area contributed by atoms with E-state index in [-0.39, 0.29) is 0 Å². The summed E-state index contributed by atoms with van der Waals surface area (Å²) < 4.78 is 36.3. The van der Waals surface area contributed by atoms with Crippen molar-refractivity contribution < 1.29 is 33.4 Å². The van der Waals surface area contributed by atoms with Gasteiger partial charge in [-0.15, -0.1) is 15.3 Å². The number of pyridine rings is 1. The van der Waals surface area contributed by atoms with Gasteiger partial charge in [0.1, 0.15) is 11.4 Å². The number of H-pyrrole nitrogens is 1. The molecule has 0 saturated heterocycles. The number of aromatic amines is 1. The second-order valence-electron chi connectivity index (χ2n) is 7.11. The zero-order valence-electron chi connectivity index (χ0n) is 17.6. The largest absolute Gasteiger partial charge is 0.306 e. The number of hydrogen-bond donors (Lipinski definition) is 1. The van der Waals surface area contributed by atoms with Crippen LogP contribution >= 0.6 is 0 Å². The van der Waals surface area contributed by atoms with Gasteiger partial charge in [-0.1, -0.05) is 79.1 Å². The number of aryl methyl sites for hydroxylation is 1. The Morgan fingerprint density at radius 2 is 1.41 bits per heavy atom. The molecule has 1 N–H and O–H groups in total. The van der Waals surface area contributed by atoms with Crippen LogP contribution in [0.3, 0.4) is 0 Å². The second kappa shape index (κ2) is 11.0. The van der Waals surface area contributed by atoms with Crippen LogP contribution in [0.1, 0.15) is 25.5 Å². The fourth-order valence-electron chi connectivity index (χ4n) is 3.47. The molecule has 8 heteroatoms. The molecule has 2 aromatic carbocycles. The van der Waals surface area contributed by atoms with Gasteiger partial charge in [0.05, 0.1) is 12.3 Å². The van der Waals surface area contributed by atoms with Crippen molar-refractivity contribution >= 4 is 0 Å². The molecule has 0 unspecified atom stereocenters. The van der Waals surface area contributed by atoms with Gasteiger partial charge in [0.15, 0.2) is 0 Å². The Hall–Kier alpha value is -3.07. The predicted molar refractivity (Wildman–Crippen MR) is 110 cm³/mol. The van der Waals surface area contributed by atoms with Crippen LogP contribution in [0.4, 0.5) is 0 Å². The fourth-order valence-corrected chi connectivity index (χ4v) is 3.47. The monoisotopic (exact) mass is 453 g/mol. The quantitative estimate of drug-likeness (QED) is 0.428. The van der Waals surface area contributed by atoms with Crippen LogP contribution in [0.25, 0.3) is 28.2 Å². The third-order valence-electron chi connectivity index (χ3n) is 4.83. The van der Waals surface area contributed by atoms with E-state index in [1.165, 1.54) is 34.5 Å². The minimum absolute atomic E-state index is 1.000. The van der Waals surface area contributed by atoms with Gasteiger partial charge in [0.25, 0.3) is 0 Å². The van der Waals surface area contributed by atoms with E-state index in [2.05, 4.69) is 94.5 Å². The van der Waals surface area contributed by atoms with Gasteiger partial charge in [-0.3, -0.25) is 0 Å². The van der Waals surface area contributed by atoms with Crippen LogP contribution in [0.15, 0.2) is 85.1 Å². The predicted octanol–water partition coefficient (Wildman–Crippen LogP) is 0.607. The SMILES string of the molecule is CCCCc1cc(-c2ccccc2)cc(-c2ccccc2)[n+]1-c1ccn[nH]1.[O-][Cl+3]([O-])([O-])[O-]. The van der Waals surface area contributed by atoms with Gasteiger partial charge in [-0.25, -0.2) is 18.6 Å². The van der Waals surface area contributed by atoms with Crippen molar-refractivity contribution in [3.05, 3.63) is 90.8 Å². The molecule has 4 rings (SSSR count). The van der Waals surface area contributed by atoms with E-state index >= 15 is 0 Å². The highest BCUT2D eigenvalue weighted by molar-refractivity contribution is 5.69. The minimum atomic E-state index is -4.94. The lowest BCUT2D eigenvalue weighted by molar-refractivity contribution is -2.00. The molecular formula is C24H24ClN3O4. The standard InChI is InChI=1S/C24H24N3.ClHO4/c1-2-3-14-22-17-21(19-10-6-4-7-11-19)18-23(20-12-8-5-9-13-20)27(22)24-15-16-25-26-24;2-1(3,4)5/h4-13,15-18H,2-3,14H2,1H3,(H,25,26);(H,2,3,4,5)/q+1;/p-1. The van der Waals surface area contributed by atoms with E-state index in [9.17, 15) is 0 Å². The molecule has 0 aliphatic heterocycles. The van der Waals surface area contributed by atoms with Gasteiger partial charge in [0.2, 0.25) is 0 Å². The summed E-state index contributed by atoms with van der Waals surface area (Å²) in [6.45, 7) is 2.24. The van der Waals surface area contributed by atoms with Gasteiger partial charge in [-0.2, -0.15) is 4.57 Å². The smallest absolute Gasteiger partial charge is 0.222 e. The molecule has 0 atom stereocenters. The molecule has 0 aliphatic carbocycles. The average Bonchev–Trinajstić information content (AvgIpc) is 3.31. The van der Waals surface area contributed by atoms with E-state index in [1.807, 2.05) is 12.3 Å². The lowest BCUT2D eigenvalue weighted by Crippen LogP contribution is -2.68. The normalized spacial score (nSPS) is 11.0.